The molecule has 0 saturated carbocycles. The quantitative estimate of drug-likeness (QED) is 0.470. The van der Waals surface area contributed by atoms with Crippen LogP contribution in [0.2, 0.25) is 0 Å². The Kier molecular flexibility index (Phi) is 7.43. The van der Waals surface area contributed by atoms with Gasteiger partial charge in [-0.15, -0.1) is 0 Å². The van der Waals surface area contributed by atoms with Gasteiger partial charge in [-0.2, -0.15) is 0 Å². The Bertz CT molecular complexity index is 1070. The van der Waals surface area contributed by atoms with E-state index in [4.69, 9.17) is 4.74 Å². The molecule has 33 heavy (non-hydrogen) atoms. The van der Waals surface area contributed by atoms with Crippen molar-refractivity contribution < 1.29 is 19.7 Å². The van der Waals surface area contributed by atoms with E-state index in [0.29, 0.717) is 25.7 Å². The van der Waals surface area contributed by atoms with Crippen molar-refractivity contribution >= 4 is 5.91 Å². The molecule has 0 spiro atoms. The van der Waals surface area contributed by atoms with Crippen molar-refractivity contribution in [1.82, 2.24) is 5.32 Å². The van der Waals surface area contributed by atoms with E-state index in [1.807, 2.05) is 78.9 Å². The molecule has 1 aliphatic carbocycles. The monoisotopic (exact) mass is 445 g/mol. The van der Waals surface area contributed by atoms with Gasteiger partial charge in [0.05, 0.1) is 25.4 Å². The minimum absolute atomic E-state index is 0.154. The van der Waals surface area contributed by atoms with Gasteiger partial charge in [-0.25, -0.2) is 0 Å². The molecule has 5 heteroatoms. The summed E-state index contributed by atoms with van der Waals surface area (Å²) in [7, 11) is 1.61. The van der Waals surface area contributed by atoms with Crippen molar-refractivity contribution in [1.29, 1.82) is 0 Å². The lowest BCUT2D eigenvalue weighted by molar-refractivity contribution is -0.127. The van der Waals surface area contributed by atoms with E-state index in [2.05, 4.69) is 5.32 Å². The Hall–Kier alpha value is -3.15. The predicted octanol–water partition coefficient (Wildman–Crippen LogP) is 3.62. The van der Waals surface area contributed by atoms with E-state index in [0.717, 1.165) is 28.0 Å². The number of nitrogens with one attached hydrogen (secondary N) is 1. The molecule has 3 aromatic carbocycles. The first-order valence-corrected chi connectivity index (χ1v) is 11.4. The summed E-state index contributed by atoms with van der Waals surface area (Å²) in [4.78, 5) is 13.4. The average molecular weight is 446 g/mol. The summed E-state index contributed by atoms with van der Waals surface area (Å²) in [6.07, 6.45) is 0.394. The minimum Gasteiger partial charge on any atom is -0.496 e. The summed E-state index contributed by atoms with van der Waals surface area (Å²) < 4.78 is 5.41. The van der Waals surface area contributed by atoms with Gasteiger partial charge in [0.15, 0.2) is 0 Å². The molecule has 4 atom stereocenters. The predicted molar refractivity (Wildman–Crippen MR) is 128 cm³/mol. The minimum atomic E-state index is -0.707. The Morgan fingerprint density at radius 1 is 1.00 bits per heavy atom. The van der Waals surface area contributed by atoms with Crippen LogP contribution in [0, 0.1) is 5.92 Å². The molecule has 0 heterocycles. The molecular formula is C28H31NO4. The van der Waals surface area contributed by atoms with Crippen LogP contribution in [0.5, 0.6) is 5.75 Å². The van der Waals surface area contributed by atoms with Gasteiger partial charge in [0.2, 0.25) is 5.91 Å². The van der Waals surface area contributed by atoms with Gasteiger partial charge in [-0.05, 0) is 41.2 Å². The Morgan fingerprint density at radius 2 is 1.70 bits per heavy atom. The zero-order valence-electron chi connectivity index (χ0n) is 18.9. The normalized spacial score (nSPS) is 18.9. The topological polar surface area (TPSA) is 78.8 Å². The van der Waals surface area contributed by atoms with Crippen LogP contribution in [-0.4, -0.2) is 35.4 Å². The van der Waals surface area contributed by atoms with Gasteiger partial charge in [0, 0.05) is 18.8 Å². The second-order valence-electron chi connectivity index (χ2n) is 8.75. The summed E-state index contributed by atoms with van der Waals surface area (Å²) in [5.74, 6) is 0.141. The highest BCUT2D eigenvalue weighted by Crippen LogP contribution is 2.32. The van der Waals surface area contributed by atoms with Crippen LogP contribution < -0.4 is 10.1 Å². The maximum absolute atomic E-state index is 13.4. The fraction of sp³-hybridized carbons (Fsp3) is 0.321. The number of carbonyl (C=O) groups is 1. The summed E-state index contributed by atoms with van der Waals surface area (Å²) in [5.41, 5.74) is 3.97. The highest BCUT2D eigenvalue weighted by Gasteiger charge is 2.34. The molecule has 3 aromatic rings. The van der Waals surface area contributed by atoms with Crippen LogP contribution in [0.1, 0.15) is 34.7 Å². The SMILES string of the molecule is COc1ccccc1CC(O)CC(Cc1ccccc1)C(=O)N[C@H]1c2ccccc2C[C@H]1O. The van der Waals surface area contributed by atoms with E-state index in [1.54, 1.807) is 7.11 Å². The van der Waals surface area contributed by atoms with E-state index in [-0.39, 0.29) is 5.91 Å². The van der Waals surface area contributed by atoms with Gasteiger partial charge in [0.1, 0.15) is 5.75 Å². The first-order chi connectivity index (χ1) is 16.0. The van der Waals surface area contributed by atoms with Crippen LogP contribution in [0.4, 0.5) is 0 Å². The molecule has 0 bridgehead atoms. The van der Waals surface area contributed by atoms with Crippen LogP contribution in [0.3, 0.4) is 0 Å². The molecule has 4 rings (SSSR count). The molecule has 5 nitrogen and oxygen atoms in total. The molecule has 3 N–H and O–H groups in total. The number of hydrogen-bond donors (Lipinski definition) is 3. The molecule has 0 aliphatic heterocycles. The number of methoxy groups -OCH3 is 1. The number of amides is 1. The van der Waals surface area contributed by atoms with Crippen molar-refractivity contribution in [2.75, 3.05) is 7.11 Å². The molecular weight excluding hydrogens is 414 g/mol. The average Bonchev–Trinajstić information content (AvgIpc) is 3.14. The van der Waals surface area contributed by atoms with E-state index in [1.165, 1.54) is 0 Å². The van der Waals surface area contributed by atoms with Crippen LogP contribution in [0.25, 0.3) is 0 Å². The number of para-hydroxylation sites is 1. The first kappa shape index (κ1) is 23.0. The number of benzene rings is 3. The van der Waals surface area contributed by atoms with Crippen molar-refractivity contribution in [3.8, 4) is 5.75 Å². The van der Waals surface area contributed by atoms with Crippen LogP contribution in [-0.2, 0) is 24.1 Å². The molecule has 1 amide bonds. The van der Waals surface area contributed by atoms with Gasteiger partial charge in [-0.1, -0.05) is 72.8 Å². The zero-order valence-corrected chi connectivity index (χ0v) is 18.9. The van der Waals surface area contributed by atoms with E-state index < -0.39 is 24.2 Å². The van der Waals surface area contributed by atoms with Crippen LogP contribution in [0.15, 0.2) is 78.9 Å². The highest BCUT2D eigenvalue weighted by atomic mass is 16.5. The van der Waals surface area contributed by atoms with Crippen molar-refractivity contribution in [2.24, 2.45) is 5.92 Å². The molecule has 2 unspecified atom stereocenters. The maximum atomic E-state index is 13.4. The van der Waals surface area contributed by atoms with E-state index >= 15 is 0 Å². The van der Waals surface area contributed by atoms with Crippen molar-refractivity contribution in [3.63, 3.8) is 0 Å². The Balaban J connectivity index is 1.50. The summed E-state index contributed by atoms with van der Waals surface area (Å²) in [6, 6.07) is 24.8. The molecule has 0 fully saturated rings. The van der Waals surface area contributed by atoms with Crippen molar-refractivity contribution in [3.05, 3.63) is 101 Å². The molecule has 1 aliphatic rings. The number of aliphatic hydroxyl groups is 2. The Labute approximate surface area is 195 Å². The lowest BCUT2D eigenvalue weighted by Crippen LogP contribution is -2.39. The molecule has 0 saturated heterocycles. The summed E-state index contributed by atoms with van der Waals surface area (Å²) >= 11 is 0. The van der Waals surface area contributed by atoms with Crippen LogP contribution >= 0.6 is 0 Å². The molecule has 172 valence electrons. The van der Waals surface area contributed by atoms with Gasteiger partial charge in [-0.3, -0.25) is 4.79 Å². The number of aliphatic hydroxyl groups excluding tert-OH is 2. The standard InChI is InChI=1S/C28H31NO4/c1-33-26-14-8-6-12-21(26)16-23(30)17-22(15-19-9-3-2-4-10-19)28(32)29-27-24-13-7-5-11-20(24)18-25(27)31/h2-14,22-23,25,27,30-31H,15-18H2,1H3,(H,29,32)/t22?,23?,25-,27+/m1/s1. The van der Waals surface area contributed by atoms with Crippen molar-refractivity contribution in [2.45, 2.75) is 43.9 Å². The molecule has 0 aromatic heterocycles. The number of carbonyl (C=O) groups excluding carboxylic acids is 1. The number of fused-ring (bicyclic) bond motifs is 1. The zero-order chi connectivity index (χ0) is 23.2. The number of ether oxygens (including phenoxy) is 1. The smallest absolute Gasteiger partial charge is 0.224 e. The fourth-order valence-corrected chi connectivity index (χ4v) is 4.74. The summed E-state index contributed by atoms with van der Waals surface area (Å²) in [6.45, 7) is 0. The number of hydrogen-bond acceptors (Lipinski definition) is 4. The second kappa shape index (κ2) is 10.6. The first-order valence-electron chi connectivity index (χ1n) is 11.4. The van der Waals surface area contributed by atoms with Gasteiger partial charge >= 0.3 is 0 Å². The number of rotatable bonds is 9. The largest absolute Gasteiger partial charge is 0.496 e. The third-order valence-corrected chi connectivity index (χ3v) is 6.40. The van der Waals surface area contributed by atoms with Gasteiger partial charge in [0.25, 0.3) is 0 Å². The third kappa shape index (κ3) is 5.62. The van der Waals surface area contributed by atoms with E-state index in [9.17, 15) is 15.0 Å². The molecule has 0 radical (unpaired) electrons. The lowest BCUT2D eigenvalue weighted by atomic mass is 9.90. The second-order valence-corrected chi connectivity index (χ2v) is 8.75. The summed E-state index contributed by atoms with van der Waals surface area (Å²) in [5, 5.41) is 24.6. The third-order valence-electron chi connectivity index (χ3n) is 6.40. The lowest BCUT2D eigenvalue weighted by Gasteiger charge is -2.24. The highest BCUT2D eigenvalue weighted by molar-refractivity contribution is 5.79. The fourth-order valence-electron chi connectivity index (χ4n) is 4.74. The maximum Gasteiger partial charge on any atom is 0.224 e. The Morgan fingerprint density at radius 3 is 2.48 bits per heavy atom. The van der Waals surface area contributed by atoms with Gasteiger partial charge < -0.3 is 20.3 Å².